The summed E-state index contributed by atoms with van der Waals surface area (Å²) in [6.45, 7) is 3.69. The summed E-state index contributed by atoms with van der Waals surface area (Å²) in [6, 6.07) is 17.4. The lowest BCUT2D eigenvalue weighted by molar-refractivity contribution is -0.136. The summed E-state index contributed by atoms with van der Waals surface area (Å²) >= 11 is 0. The Kier molecular flexibility index (Phi) is 8.07. The number of hydrogen-bond donors (Lipinski definition) is 3. The first-order valence-corrected chi connectivity index (χ1v) is 10.3. The van der Waals surface area contributed by atoms with Crippen LogP contribution in [0.5, 0.6) is 5.75 Å². The molecule has 3 aromatic rings. The highest BCUT2D eigenvalue weighted by atomic mass is 19.1. The average Bonchev–Trinajstić information content (AvgIpc) is 2.82. The number of nitrogens with zero attached hydrogens (tertiary/aromatic N) is 1. The van der Waals surface area contributed by atoms with Crippen LogP contribution in [0, 0.1) is 19.7 Å². The zero-order valence-electron chi connectivity index (χ0n) is 18.6. The number of benzene rings is 3. The van der Waals surface area contributed by atoms with Crippen LogP contribution >= 0.6 is 0 Å². The molecule has 0 saturated heterocycles. The highest BCUT2D eigenvalue weighted by Crippen LogP contribution is 2.19. The summed E-state index contributed by atoms with van der Waals surface area (Å²) in [4.78, 5) is 35.8. The van der Waals surface area contributed by atoms with Crippen molar-refractivity contribution in [3.63, 3.8) is 0 Å². The molecular formula is C25H23FN4O4. The predicted octanol–water partition coefficient (Wildman–Crippen LogP) is 3.55. The summed E-state index contributed by atoms with van der Waals surface area (Å²) in [5, 5.41) is 8.91. The summed E-state index contributed by atoms with van der Waals surface area (Å²) in [5.74, 6) is -2.16. The van der Waals surface area contributed by atoms with Gasteiger partial charge in [-0.3, -0.25) is 14.4 Å². The molecule has 3 amide bonds. The molecule has 0 heterocycles. The molecule has 0 aliphatic carbocycles. The minimum Gasteiger partial charge on any atom is -0.484 e. The number of carbonyl (C=O) groups excluding carboxylic acids is 3. The lowest BCUT2D eigenvalue weighted by atomic mass is 10.1. The molecule has 9 heteroatoms. The standard InChI is InChI=1S/C25H23FN4O4/c1-16-4-3-5-17(2)23(16)29-22(31)15-34-21-12-6-18(7-13-21)14-27-30-25(33)24(32)28-20-10-8-19(26)9-11-20/h3-14H,15H2,1-2H3,(H,28,32)(H,29,31)(H,30,33)/b27-14-. The molecule has 0 bridgehead atoms. The number of aryl methyl sites for hydroxylation is 2. The van der Waals surface area contributed by atoms with Crippen molar-refractivity contribution in [1.29, 1.82) is 0 Å². The molecule has 0 atom stereocenters. The van der Waals surface area contributed by atoms with Crippen molar-refractivity contribution in [1.82, 2.24) is 5.43 Å². The average molecular weight is 462 g/mol. The Balaban J connectivity index is 1.44. The first kappa shape index (κ1) is 24.1. The largest absolute Gasteiger partial charge is 0.484 e. The first-order chi connectivity index (χ1) is 16.3. The molecule has 0 aliphatic heterocycles. The molecule has 3 N–H and O–H groups in total. The van der Waals surface area contributed by atoms with E-state index < -0.39 is 17.6 Å². The Labute approximate surface area is 195 Å². The van der Waals surface area contributed by atoms with Crippen LogP contribution in [0.15, 0.2) is 71.8 Å². The van der Waals surface area contributed by atoms with E-state index in [2.05, 4.69) is 21.2 Å². The summed E-state index contributed by atoms with van der Waals surface area (Å²) in [5.41, 5.74) is 5.74. The van der Waals surface area contributed by atoms with Crippen molar-refractivity contribution in [2.75, 3.05) is 17.2 Å². The molecule has 174 valence electrons. The number of anilines is 2. The van der Waals surface area contributed by atoms with E-state index in [1.54, 1.807) is 24.3 Å². The molecule has 0 saturated carbocycles. The van der Waals surface area contributed by atoms with E-state index in [1.807, 2.05) is 32.0 Å². The van der Waals surface area contributed by atoms with E-state index in [0.29, 0.717) is 11.3 Å². The smallest absolute Gasteiger partial charge is 0.329 e. The second-order valence-corrected chi connectivity index (χ2v) is 7.33. The van der Waals surface area contributed by atoms with Crippen LogP contribution in [0.25, 0.3) is 0 Å². The number of hydrazone groups is 1. The van der Waals surface area contributed by atoms with Gasteiger partial charge in [-0.25, -0.2) is 9.82 Å². The Bertz CT molecular complexity index is 1190. The Morgan fingerprint density at radius 3 is 2.18 bits per heavy atom. The van der Waals surface area contributed by atoms with Gasteiger partial charge in [0.2, 0.25) is 0 Å². The normalized spacial score (nSPS) is 10.6. The van der Waals surface area contributed by atoms with Crippen LogP contribution in [-0.2, 0) is 14.4 Å². The minimum absolute atomic E-state index is 0.152. The molecule has 3 rings (SSSR count). The fourth-order valence-corrected chi connectivity index (χ4v) is 2.92. The van der Waals surface area contributed by atoms with Crippen molar-refractivity contribution < 1.29 is 23.5 Å². The van der Waals surface area contributed by atoms with Gasteiger partial charge in [-0.1, -0.05) is 18.2 Å². The Hall–Kier alpha value is -4.53. The number of para-hydroxylation sites is 1. The number of ether oxygens (including phenoxy) is 1. The van der Waals surface area contributed by atoms with Crippen LogP contribution < -0.4 is 20.8 Å². The zero-order chi connectivity index (χ0) is 24.5. The molecule has 0 radical (unpaired) electrons. The van der Waals surface area contributed by atoms with E-state index in [4.69, 9.17) is 4.74 Å². The van der Waals surface area contributed by atoms with Gasteiger partial charge in [0.15, 0.2) is 6.61 Å². The summed E-state index contributed by atoms with van der Waals surface area (Å²) < 4.78 is 18.4. The van der Waals surface area contributed by atoms with Crippen LogP contribution in [0.3, 0.4) is 0 Å². The SMILES string of the molecule is Cc1cccc(C)c1NC(=O)COc1ccc(/C=N\NC(=O)C(=O)Nc2ccc(F)cc2)cc1. The van der Waals surface area contributed by atoms with Crippen molar-refractivity contribution in [3.05, 3.63) is 89.2 Å². The lowest BCUT2D eigenvalue weighted by Crippen LogP contribution is -2.32. The second-order valence-electron chi connectivity index (χ2n) is 7.33. The molecule has 0 unspecified atom stereocenters. The number of rotatable bonds is 7. The van der Waals surface area contributed by atoms with Gasteiger partial charge in [-0.05, 0) is 79.1 Å². The van der Waals surface area contributed by atoms with Gasteiger partial charge in [0.1, 0.15) is 11.6 Å². The Morgan fingerprint density at radius 1 is 0.882 bits per heavy atom. The van der Waals surface area contributed by atoms with Crippen molar-refractivity contribution >= 4 is 35.3 Å². The predicted molar refractivity (Wildman–Crippen MR) is 127 cm³/mol. The number of halogens is 1. The van der Waals surface area contributed by atoms with Gasteiger partial charge < -0.3 is 15.4 Å². The first-order valence-electron chi connectivity index (χ1n) is 10.3. The van der Waals surface area contributed by atoms with Gasteiger partial charge >= 0.3 is 11.8 Å². The number of nitrogens with one attached hydrogen (secondary N) is 3. The lowest BCUT2D eigenvalue weighted by Gasteiger charge is -2.12. The fourth-order valence-electron chi connectivity index (χ4n) is 2.92. The summed E-state index contributed by atoms with van der Waals surface area (Å²) in [6.07, 6.45) is 1.35. The third kappa shape index (κ3) is 6.99. The molecule has 8 nitrogen and oxygen atoms in total. The molecule has 0 fully saturated rings. The van der Waals surface area contributed by atoms with Crippen LogP contribution in [0.4, 0.5) is 15.8 Å². The molecular weight excluding hydrogens is 439 g/mol. The number of carbonyl (C=O) groups is 3. The highest BCUT2D eigenvalue weighted by Gasteiger charge is 2.13. The quantitative estimate of drug-likeness (QED) is 0.283. The zero-order valence-corrected chi connectivity index (χ0v) is 18.6. The Morgan fingerprint density at radius 2 is 1.53 bits per heavy atom. The third-order valence-corrected chi connectivity index (χ3v) is 4.68. The molecule has 0 aliphatic rings. The van der Waals surface area contributed by atoms with Crippen molar-refractivity contribution in [2.24, 2.45) is 5.10 Å². The number of amides is 3. The third-order valence-electron chi connectivity index (χ3n) is 4.68. The van der Waals surface area contributed by atoms with E-state index in [1.165, 1.54) is 18.3 Å². The molecule has 0 aromatic heterocycles. The minimum atomic E-state index is -0.976. The molecule has 0 spiro atoms. The van der Waals surface area contributed by atoms with Gasteiger partial charge in [0, 0.05) is 11.4 Å². The van der Waals surface area contributed by atoms with Crippen LogP contribution in [0.1, 0.15) is 16.7 Å². The maximum Gasteiger partial charge on any atom is 0.329 e. The fraction of sp³-hybridized carbons (Fsp3) is 0.120. The highest BCUT2D eigenvalue weighted by molar-refractivity contribution is 6.39. The van der Waals surface area contributed by atoms with Crippen molar-refractivity contribution in [2.45, 2.75) is 13.8 Å². The summed E-state index contributed by atoms with van der Waals surface area (Å²) in [7, 11) is 0. The van der Waals surface area contributed by atoms with Crippen LogP contribution in [0.2, 0.25) is 0 Å². The number of hydrogen-bond acceptors (Lipinski definition) is 5. The van der Waals surface area contributed by atoms with E-state index >= 15 is 0 Å². The van der Waals surface area contributed by atoms with Gasteiger partial charge in [-0.2, -0.15) is 5.10 Å². The second kappa shape index (κ2) is 11.4. The molecule has 3 aromatic carbocycles. The maximum absolute atomic E-state index is 12.9. The van der Waals surface area contributed by atoms with E-state index in [-0.39, 0.29) is 18.2 Å². The maximum atomic E-state index is 12.9. The monoisotopic (exact) mass is 462 g/mol. The van der Waals surface area contributed by atoms with Crippen molar-refractivity contribution in [3.8, 4) is 5.75 Å². The van der Waals surface area contributed by atoms with E-state index in [0.717, 1.165) is 28.9 Å². The van der Waals surface area contributed by atoms with Crippen LogP contribution in [-0.4, -0.2) is 30.5 Å². The van der Waals surface area contributed by atoms with Gasteiger partial charge in [-0.15, -0.1) is 0 Å². The molecule has 34 heavy (non-hydrogen) atoms. The van der Waals surface area contributed by atoms with Gasteiger partial charge in [0.25, 0.3) is 5.91 Å². The van der Waals surface area contributed by atoms with Gasteiger partial charge in [0.05, 0.1) is 6.21 Å². The van der Waals surface area contributed by atoms with E-state index in [9.17, 15) is 18.8 Å². The topological polar surface area (TPSA) is 109 Å².